The van der Waals surface area contributed by atoms with Crippen LogP contribution in [-0.4, -0.2) is 50.6 Å². The van der Waals surface area contributed by atoms with Gasteiger partial charge in [0.05, 0.1) is 10.5 Å². The minimum atomic E-state index is -3.70. The highest BCUT2D eigenvalue weighted by Crippen LogP contribution is 2.19. The molecule has 7 heteroatoms. The Balaban J connectivity index is 1.99. The number of rotatable bonds is 6. The van der Waals surface area contributed by atoms with Crippen molar-refractivity contribution in [2.24, 2.45) is 5.92 Å². The number of likely N-dealkylation sites (tertiary alicyclic amines) is 1. The maximum absolute atomic E-state index is 12.4. The van der Waals surface area contributed by atoms with Crippen LogP contribution in [0.1, 0.15) is 35.7 Å². The molecule has 0 bridgehead atoms. The molecule has 1 fully saturated rings. The molecule has 128 valence electrons. The topological polar surface area (TPSA) is 86.7 Å². The molecule has 2 rings (SSSR count). The van der Waals surface area contributed by atoms with Gasteiger partial charge in [0.15, 0.2) is 0 Å². The van der Waals surface area contributed by atoms with Crippen molar-refractivity contribution in [2.75, 3.05) is 26.2 Å². The Kier molecular flexibility index (Phi) is 5.78. The van der Waals surface area contributed by atoms with Crippen LogP contribution in [0.2, 0.25) is 0 Å². The van der Waals surface area contributed by atoms with Crippen LogP contribution in [-0.2, 0) is 10.0 Å². The molecule has 0 aromatic heterocycles. The lowest BCUT2D eigenvalue weighted by atomic mass is 9.99. The average molecular weight is 340 g/mol. The van der Waals surface area contributed by atoms with Gasteiger partial charge in [-0.2, -0.15) is 0 Å². The van der Waals surface area contributed by atoms with Crippen LogP contribution in [0.3, 0.4) is 0 Å². The average Bonchev–Trinajstić information content (AvgIpc) is 2.49. The molecule has 1 aromatic carbocycles. The van der Waals surface area contributed by atoms with Gasteiger partial charge in [-0.3, -0.25) is 0 Å². The summed E-state index contributed by atoms with van der Waals surface area (Å²) in [6.07, 6.45) is 2.29. The van der Waals surface area contributed by atoms with E-state index in [4.69, 9.17) is 5.11 Å². The number of aromatic carboxylic acids is 1. The summed E-state index contributed by atoms with van der Waals surface area (Å²) in [5.74, 6) is -0.383. The van der Waals surface area contributed by atoms with E-state index in [0.29, 0.717) is 13.1 Å². The van der Waals surface area contributed by atoms with Gasteiger partial charge < -0.3 is 10.0 Å². The van der Waals surface area contributed by atoms with E-state index in [9.17, 15) is 13.2 Å². The molecule has 1 aliphatic rings. The van der Waals surface area contributed by atoms with E-state index in [-0.39, 0.29) is 16.0 Å². The lowest BCUT2D eigenvalue weighted by Crippen LogP contribution is -2.39. The van der Waals surface area contributed by atoms with Crippen molar-refractivity contribution in [2.45, 2.75) is 31.6 Å². The zero-order chi connectivity index (χ0) is 17.0. The fourth-order valence-electron chi connectivity index (χ4n) is 2.84. The molecule has 1 saturated heterocycles. The first kappa shape index (κ1) is 17.9. The van der Waals surface area contributed by atoms with Crippen LogP contribution >= 0.6 is 0 Å². The van der Waals surface area contributed by atoms with Crippen LogP contribution in [0.25, 0.3) is 0 Å². The maximum Gasteiger partial charge on any atom is 0.335 e. The van der Waals surface area contributed by atoms with Crippen molar-refractivity contribution in [3.05, 3.63) is 29.3 Å². The van der Waals surface area contributed by atoms with Gasteiger partial charge in [0.2, 0.25) is 10.0 Å². The number of nitrogens with one attached hydrogen (secondary N) is 1. The molecule has 1 aliphatic heterocycles. The first-order valence-electron chi connectivity index (χ1n) is 7.86. The van der Waals surface area contributed by atoms with Gasteiger partial charge in [0.1, 0.15) is 0 Å². The highest BCUT2D eigenvalue weighted by atomic mass is 32.2. The summed E-state index contributed by atoms with van der Waals surface area (Å²) in [5.41, 5.74) is 0.275. The summed E-state index contributed by atoms with van der Waals surface area (Å²) in [6, 6.07) is 4.30. The molecule has 23 heavy (non-hydrogen) atoms. The third kappa shape index (κ3) is 4.53. The Bertz CT molecular complexity index is 665. The molecule has 0 saturated carbocycles. The summed E-state index contributed by atoms with van der Waals surface area (Å²) >= 11 is 0. The smallest absolute Gasteiger partial charge is 0.335 e. The predicted molar refractivity (Wildman–Crippen MR) is 88.2 cm³/mol. The predicted octanol–water partition coefficient (Wildman–Crippen LogP) is 1.70. The molecule has 0 spiro atoms. The van der Waals surface area contributed by atoms with E-state index in [1.54, 1.807) is 0 Å². The monoisotopic (exact) mass is 340 g/mol. The second-order valence-electron chi connectivity index (χ2n) is 6.16. The van der Waals surface area contributed by atoms with Crippen molar-refractivity contribution in [3.8, 4) is 0 Å². The van der Waals surface area contributed by atoms with E-state index >= 15 is 0 Å². The normalized spacial score (nSPS) is 17.3. The van der Waals surface area contributed by atoms with E-state index in [0.717, 1.165) is 31.8 Å². The summed E-state index contributed by atoms with van der Waals surface area (Å²) in [7, 11) is -3.70. The molecular formula is C16H24N2O4S. The number of hydrogen-bond donors (Lipinski definition) is 2. The van der Waals surface area contributed by atoms with Gasteiger partial charge in [-0.25, -0.2) is 17.9 Å². The first-order valence-corrected chi connectivity index (χ1v) is 9.34. The Labute approximate surface area is 137 Å². The molecular weight excluding hydrogens is 316 g/mol. The number of piperidine rings is 1. The van der Waals surface area contributed by atoms with Crippen molar-refractivity contribution in [1.29, 1.82) is 0 Å². The Hall–Kier alpha value is -1.44. The maximum atomic E-state index is 12.4. The van der Waals surface area contributed by atoms with Crippen molar-refractivity contribution < 1.29 is 18.3 Å². The van der Waals surface area contributed by atoms with Crippen LogP contribution < -0.4 is 4.72 Å². The van der Waals surface area contributed by atoms with E-state index < -0.39 is 16.0 Å². The summed E-state index contributed by atoms with van der Waals surface area (Å²) in [6.45, 7) is 6.74. The molecule has 0 unspecified atom stereocenters. The van der Waals surface area contributed by atoms with Crippen molar-refractivity contribution in [3.63, 3.8) is 0 Å². The molecule has 1 heterocycles. The lowest BCUT2D eigenvalue weighted by molar-refractivity contribution is 0.0696. The van der Waals surface area contributed by atoms with E-state index in [1.165, 1.54) is 25.1 Å². The molecule has 1 aromatic rings. The minimum Gasteiger partial charge on any atom is -0.478 e. The third-order valence-corrected chi connectivity index (χ3v) is 6.01. The lowest BCUT2D eigenvalue weighted by Gasteiger charge is -2.30. The fourth-order valence-corrected chi connectivity index (χ4v) is 4.13. The zero-order valence-electron chi connectivity index (χ0n) is 13.6. The number of carbonyl (C=O) groups is 1. The number of nitrogens with zero attached hydrogens (tertiary/aromatic N) is 1. The van der Waals surface area contributed by atoms with Gasteiger partial charge in [0, 0.05) is 13.1 Å². The van der Waals surface area contributed by atoms with Crippen molar-refractivity contribution >= 4 is 16.0 Å². The third-order valence-electron chi connectivity index (χ3n) is 4.40. The van der Waals surface area contributed by atoms with Gasteiger partial charge in [-0.15, -0.1) is 0 Å². The van der Waals surface area contributed by atoms with Crippen molar-refractivity contribution in [1.82, 2.24) is 9.62 Å². The number of carboxylic acid groups (broad SMARTS) is 1. The van der Waals surface area contributed by atoms with Gasteiger partial charge >= 0.3 is 5.97 Å². The van der Waals surface area contributed by atoms with Gasteiger partial charge in [-0.1, -0.05) is 13.0 Å². The Morgan fingerprint density at radius 1 is 1.35 bits per heavy atom. The van der Waals surface area contributed by atoms with Crippen LogP contribution in [0.4, 0.5) is 0 Å². The molecule has 0 amide bonds. The van der Waals surface area contributed by atoms with Crippen LogP contribution in [0.15, 0.2) is 23.1 Å². The Morgan fingerprint density at radius 3 is 2.61 bits per heavy atom. The number of hydrogen-bond acceptors (Lipinski definition) is 4. The standard InChI is InChI=1S/C16H24N2O4S/c1-12-6-9-18(10-7-12)11-8-17-23(21,22)15-5-3-4-14(13(15)2)16(19)20/h3-5,12,17H,6-11H2,1-2H3,(H,19,20). The quantitative estimate of drug-likeness (QED) is 0.823. The van der Waals surface area contributed by atoms with E-state index in [1.807, 2.05) is 0 Å². The van der Waals surface area contributed by atoms with Crippen LogP contribution in [0.5, 0.6) is 0 Å². The largest absolute Gasteiger partial charge is 0.478 e. The van der Waals surface area contributed by atoms with Gasteiger partial charge in [-0.05, 0) is 56.5 Å². The van der Waals surface area contributed by atoms with E-state index in [2.05, 4.69) is 16.5 Å². The minimum absolute atomic E-state index is 0.0119. The van der Waals surface area contributed by atoms with Gasteiger partial charge in [0.25, 0.3) is 0 Å². The molecule has 0 aliphatic carbocycles. The van der Waals surface area contributed by atoms with Crippen LogP contribution in [0, 0.1) is 12.8 Å². The highest BCUT2D eigenvalue weighted by molar-refractivity contribution is 7.89. The molecule has 0 atom stereocenters. The summed E-state index contributed by atoms with van der Waals surface area (Å²) < 4.78 is 27.4. The molecule has 0 radical (unpaired) electrons. The zero-order valence-corrected chi connectivity index (χ0v) is 14.4. The molecule has 6 nitrogen and oxygen atoms in total. The molecule has 2 N–H and O–H groups in total. The SMILES string of the molecule is Cc1c(C(=O)O)cccc1S(=O)(=O)NCCN1CCC(C)CC1. The highest BCUT2D eigenvalue weighted by Gasteiger charge is 2.21. The summed E-state index contributed by atoms with van der Waals surface area (Å²) in [4.78, 5) is 13.4. The Morgan fingerprint density at radius 2 is 2.00 bits per heavy atom. The first-order chi connectivity index (χ1) is 10.8. The fraction of sp³-hybridized carbons (Fsp3) is 0.562. The second kappa shape index (κ2) is 7.42. The number of sulfonamides is 1. The number of benzene rings is 1. The number of carboxylic acids is 1. The second-order valence-corrected chi connectivity index (χ2v) is 7.89. The summed E-state index contributed by atoms with van der Waals surface area (Å²) in [5, 5.41) is 9.10.